The maximum atomic E-state index is 12.2. The molecule has 100 valence electrons. The lowest BCUT2D eigenvalue weighted by atomic mass is 10.0. The molecule has 0 bridgehead atoms. The zero-order chi connectivity index (χ0) is 13.7. The first-order chi connectivity index (χ1) is 9.20. The Labute approximate surface area is 122 Å². The van der Waals surface area contributed by atoms with Gasteiger partial charge < -0.3 is 4.74 Å². The fraction of sp³-hybridized carbons (Fsp3) is 0.267. The molecule has 2 nitrogen and oxygen atoms in total. The van der Waals surface area contributed by atoms with Gasteiger partial charge in [-0.1, -0.05) is 17.7 Å². The number of hydrogen-bond acceptors (Lipinski definition) is 3. The highest BCUT2D eigenvalue weighted by Gasteiger charge is 2.12. The number of hydrogen-bond donors (Lipinski definition) is 0. The quantitative estimate of drug-likeness (QED) is 0.727. The minimum Gasteiger partial charge on any atom is -0.496 e. The van der Waals surface area contributed by atoms with Crippen molar-refractivity contribution >= 4 is 28.7 Å². The maximum Gasteiger partial charge on any atom is 0.166 e. The monoisotopic (exact) mass is 294 g/mol. The van der Waals surface area contributed by atoms with Crippen molar-refractivity contribution in [2.45, 2.75) is 19.3 Å². The summed E-state index contributed by atoms with van der Waals surface area (Å²) < 4.78 is 5.20. The number of carbonyl (C=O) groups is 1. The SMILES string of the molecule is COc1ccc(Cl)cc1C(=O)CCCc1cccs1. The first kappa shape index (κ1) is 14.1. The zero-order valence-electron chi connectivity index (χ0n) is 10.7. The third kappa shape index (κ3) is 3.82. The Kier molecular flexibility index (Phi) is 5.00. The Morgan fingerprint density at radius 1 is 1.37 bits per heavy atom. The number of carbonyl (C=O) groups excluding carboxylic acids is 1. The molecule has 0 radical (unpaired) electrons. The Morgan fingerprint density at radius 3 is 2.89 bits per heavy atom. The predicted octanol–water partition coefficient (Wildman–Crippen LogP) is 4.62. The van der Waals surface area contributed by atoms with Crippen LogP contribution in [0.25, 0.3) is 0 Å². The molecule has 0 saturated carbocycles. The van der Waals surface area contributed by atoms with Crippen LogP contribution in [0.5, 0.6) is 5.75 Å². The summed E-state index contributed by atoms with van der Waals surface area (Å²) in [7, 11) is 1.56. The molecule has 0 aliphatic carbocycles. The van der Waals surface area contributed by atoms with Crippen LogP contribution in [0.15, 0.2) is 35.7 Å². The van der Waals surface area contributed by atoms with Gasteiger partial charge in [0.2, 0.25) is 0 Å². The van der Waals surface area contributed by atoms with Crippen LogP contribution in [-0.2, 0) is 6.42 Å². The van der Waals surface area contributed by atoms with Crippen molar-refractivity contribution in [2.24, 2.45) is 0 Å². The second kappa shape index (κ2) is 6.73. The number of ether oxygens (including phenoxy) is 1. The minimum atomic E-state index is 0.0795. The molecule has 0 unspecified atom stereocenters. The molecular formula is C15H15ClO2S. The van der Waals surface area contributed by atoms with Crippen LogP contribution < -0.4 is 4.74 Å². The van der Waals surface area contributed by atoms with Crippen molar-refractivity contribution in [3.05, 3.63) is 51.2 Å². The average molecular weight is 295 g/mol. The lowest BCUT2D eigenvalue weighted by Gasteiger charge is -2.07. The zero-order valence-corrected chi connectivity index (χ0v) is 12.3. The maximum absolute atomic E-state index is 12.2. The third-order valence-corrected chi connectivity index (χ3v) is 4.04. The summed E-state index contributed by atoms with van der Waals surface area (Å²) in [6.07, 6.45) is 2.29. The first-order valence-electron chi connectivity index (χ1n) is 6.10. The molecule has 0 aliphatic rings. The number of methoxy groups -OCH3 is 1. The summed E-state index contributed by atoms with van der Waals surface area (Å²) in [5.74, 6) is 0.668. The van der Waals surface area contributed by atoms with Crippen LogP contribution >= 0.6 is 22.9 Å². The van der Waals surface area contributed by atoms with Crippen LogP contribution in [0, 0.1) is 0 Å². The molecular weight excluding hydrogens is 280 g/mol. The van der Waals surface area contributed by atoms with Gasteiger partial charge in [-0.25, -0.2) is 0 Å². The summed E-state index contributed by atoms with van der Waals surface area (Å²) in [6.45, 7) is 0. The van der Waals surface area contributed by atoms with Crippen LogP contribution in [0.2, 0.25) is 5.02 Å². The normalized spacial score (nSPS) is 10.4. The summed E-state index contributed by atoms with van der Waals surface area (Å²) in [5.41, 5.74) is 0.571. The standard InChI is InChI=1S/C15H15ClO2S/c1-18-15-8-7-11(16)10-13(15)14(17)6-2-4-12-5-3-9-19-12/h3,5,7-10H,2,4,6H2,1H3. The molecule has 0 saturated heterocycles. The second-order valence-electron chi connectivity index (χ2n) is 4.20. The number of rotatable bonds is 6. The summed E-state index contributed by atoms with van der Waals surface area (Å²) >= 11 is 7.65. The van der Waals surface area contributed by atoms with Gasteiger partial charge in [-0.3, -0.25) is 4.79 Å². The van der Waals surface area contributed by atoms with Gasteiger partial charge in [0.25, 0.3) is 0 Å². The van der Waals surface area contributed by atoms with E-state index in [2.05, 4.69) is 11.4 Å². The van der Waals surface area contributed by atoms with Gasteiger partial charge in [-0.15, -0.1) is 11.3 Å². The topological polar surface area (TPSA) is 26.3 Å². The summed E-state index contributed by atoms with van der Waals surface area (Å²) in [4.78, 5) is 13.5. The van der Waals surface area contributed by atoms with Crippen LogP contribution in [0.1, 0.15) is 28.1 Å². The molecule has 0 N–H and O–H groups in total. The van der Waals surface area contributed by atoms with Gasteiger partial charge in [-0.2, -0.15) is 0 Å². The lowest BCUT2D eigenvalue weighted by molar-refractivity contribution is 0.0977. The second-order valence-corrected chi connectivity index (χ2v) is 5.67. The molecule has 0 aliphatic heterocycles. The average Bonchev–Trinajstić information content (AvgIpc) is 2.91. The van der Waals surface area contributed by atoms with E-state index in [1.54, 1.807) is 36.6 Å². The van der Waals surface area contributed by atoms with E-state index < -0.39 is 0 Å². The molecule has 0 fully saturated rings. The fourth-order valence-corrected chi connectivity index (χ4v) is 2.83. The molecule has 0 amide bonds. The van der Waals surface area contributed by atoms with E-state index >= 15 is 0 Å². The Bertz CT molecular complexity index is 549. The van der Waals surface area contributed by atoms with E-state index in [4.69, 9.17) is 16.3 Å². The number of thiophene rings is 1. The lowest BCUT2D eigenvalue weighted by Crippen LogP contribution is -2.02. The molecule has 19 heavy (non-hydrogen) atoms. The molecule has 2 rings (SSSR count). The van der Waals surface area contributed by atoms with E-state index in [1.165, 1.54) is 4.88 Å². The van der Waals surface area contributed by atoms with Crippen molar-refractivity contribution in [3.8, 4) is 5.75 Å². The fourth-order valence-electron chi connectivity index (χ4n) is 1.91. The number of aryl methyl sites for hydroxylation is 1. The van der Waals surface area contributed by atoms with E-state index in [-0.39, 0.29) is 5.78 Å². The van der Waals surface area contributed by atoms with Crippen LogP contribution in [0.4, 0.5) is 0 Å². The van der Waals surface area contributed by atoms with Crippen molar-refractivity contribution in [1.82, 2.24) is 0 Å². The number of halogens is 1. The van der Waals surface area contributed by atoms with E-state index in [0.717, 1.165) is 12.8 Å². The number of ketones is 1. The number of Topliss-reactive ketones (excluding diaryl/α,β-unsaturated/α-hetero) is 1. The Balaban J connectivity index is 1.97. The molecule has 0 spiro atoms. The highest BCUT2D eigenvalue weighted by molar-refractivity contribution is 7.09. The predicted molar refractivity (Wildman–Crippen MR) is 79.6 cm³/mol. The first-order valence-corrected chi connectivity index (χ1v) is 7.35. The highest BCUT2D eigenvalue weighted by atomic mass is 35.5. The molecule has 1 heterocycles. The van der Waals surface area contributed by atoms with Crippen LogP contribution in [-0.4, -0.2) is 12.9 Å². The highest BCUT2D eigenvalue weighted by Crippen LogP contribution is 2.24. The van der Waals surface area contributed by atoms with Gasteiger partial charge in [0, 0.05) is 16.3 Å². The molecule has 2 aromatic rings. The van der Waals surface area contributed by atoms with E-state index in [1.807, 2.05) is 6.07 Å². The van der Waals surface area contributed by atoms with Crippen molar-refractivity contribution in [2.75, 3.05) is 7.11 Å². The molecule has 1 aromatic heterocycles. The number of benzene rings is 1. The Hall–Kier alpha value is -1.32. The molecule has 4 heteroatoms. The molecule has 1 aromatic carbocycles. The van der Waals surface area contributed by atoms with Crippen molar-refractivity contribution in [3.63, 3.8) is 0 Å². The molecule has 0 atom stereocenters. The minimum absolute atomic E-state index is 0.0795. The van der Waals surface area contributed by atoms with E-state index in [0.29, 0.717) is 22.8 Å². The van der Waals surface area contributed by atoms with E-state index in [9.17, 15) is 4.79 Å². The van der Waals surface area contributed by atoms with Gasteiger partial charge in [-0.05, 0) is 42.5 Å². The van der Waals surface area contributed by atoms with Crippen molar-refractivity contribution in [1.29, 1.82) is 0 Å². The van der Waals surface area contributed by atoms with Gasteiger partial charge >= 0.3 is 0 Å². The van der Waals surface area contributed by atoms with Crippen molar-refractivity contribution < 1.29 is 9.53 Å². The van der Waals surface area contributed by atoms with Gasteiger partial charge in [0.05, 0.1) is 12.7 Å². The Morgan fingerprint density at radius 2 is 2.21 bits per heavy atom. The van der Waals surface area contributed by atoms with Gasteiger partial charge in [0.1, 0.15) is 5.75 Å². The largest absolute Gasteiger partial charge is 0.496 e. The summed E-state index contributed by atoms with van der Waals surface area (Å²) in [5, 5.41) is 2.61. The van der Waals surface area contributed by atoms with Crippen LogP contribution in [0.3, 0.4) is 0 Å². The van der Waals surface area contributed by atoms with Gasteiger partial charge in [0.15, 0.2) is 5.78 Å². The third-order valence-electron chi connectivity index (χ3n) is 2.87. The summed E-state index contributed by atoms with van der Waals surface area (Å²) in [6, 6.07) is 9.25. The smallest absolute Gasteiger partial charge is 0.166 e.